The van der Waals surface area contributed by atoms with E-state index < -0.39 is 0 Å². The van der Waals surface area contributed by atoms with Crippen LogP contribution in [-0.2, 0) is 6.42 Å². The summed E-state index contributed by atoms with van der Waals surface area (Å²) >= 11 is 3.25. The molecule has 0 radical (unpaired) electrons. The van der Waals surface area contributed by atoms with E-state index in [0.717, 1.165) is 30.2 Å². The Morgan fingerprint density at radius 1 is 1.41 bits per heavy atom. The molecule has 1 N–H and O–H groups in total. The van der Waals surface area contributed by atoms with Crippen LogP contribution >= 0.6 is 22.9 Å². The summed E-state index contributed by atoms with van der Waals surface area (Å²) in [7, 11) is 0. The van der Waals surface area contributed by atoms with Crippen LogP contribution in [0, 0.1) is 0 Å². The number of aromatic nitrogens is 2. The molecule has 3 nitrogen and oxygen atoms in total. The number of nitrogens with one attached hydrogen (secondary N) is 1. The van der Waals surface area contributed by atoms with Gasteiger partial charge in [-0.1, -0.05) is 19.9 Å². The number of rotatable bonds is 6. The maximum absolute atomic E-state index is 4.50. The highest BCUT2D eigenvalue weighted by molar-refractivity contribution is 7.10. The van der Waals surface area contributed by atoms with Crippen molar-refractivity contribution < 1.29 is 0 Å². The highest BCUT2D eigenvalue weighted by atomic mass is 32.1. The molecule has 0 saturated heterocycles. The average molecular weight is 267 g/mol. The molecule has 0 aliphatic heterocycles. The lowest BCUT2D eigenvalue weighted by molar-refractivity contribution is 0.760. The fourth-order valence-electron chi connectivity index (χ4n) is 1.65. The summed E-state index contributed by atoms with van der Waals surface area (Å²) in [6.45, 7) is 4.33. The van der Waals surface area contributed by atoms with Crippen LogP contribution in [0.4, 0.5) is 5.13 Å². The molecular formula is C12H17N3S2. The zero-order valence-corrected chi connectivity index (χ0v) is 11.8. The Hall–Kier alpha value is -0.940. The number of anilines is 1. The molecule has 2 aromatic rings. The Balaban J connectivity index is 2.02. The van der Waals surface area contributed by atoms with Crippen molar-refractivity contribution in [1.82, 2.24) is 9.36 Å². The minimum absolute atomic E-state index is 0.359. The van der Waals surface area contributed by atoms with Gasteiger partial charge in [-0.25, -0.2) is 4.98 Å². The van der Waals surface area contributed by atoms with E-state index in [9.17, 15) is 0 Å². The van der Waals surface area contributed by atoms with Crippen molar-refractivity contribution in [2.24, 2.45) is 0 Å². The molecule has 17 heavy (non-hydrogen) atoms. The van der Waals surface area contributed by atoms with Crippen LogP contribution in [0.3, 0.4) is 0 Å². The van der Waals surface area contributed by atoms with Gasteiger partial charge in [0.05, 0.1) is 6.04 Å². The summed E-state index contributed by atoms with van der Waals surface area (Å²) < 4.78 is 4.35. The number of hydrogen-bond donors (Lipinski definition) is 1. The van der Waals surface area contributed by atoms with E-state index >= 15 is 0 Å². The summed E-state index contributed by atoms with van der Waals surface area (Å²) in [5.41, 5.74) is 0. The second-order valence-electron chi connectivity index (χ2n) is 3.89. The van der Waals surface area contributed by atoms with Gasteiger partial charge in [0.2, 0.25) is 5.13 Å². The molecule has 0 amide bonds. The van der Waals surface area contributed by atoms with Crippen molar-refractivity contribution in [2.75, 3.05) is 5.32 Å². The zero-order chi connectivity index (χ0) is 12.1. The van der Waals surface area contributed by atoms with Crippen molar-refractivity contribution in [2.45, 2.75) is 39.2 Å². The largest absolute Gasteiger partial charge is 0.353 e. The molecule has 5 heteroatoms. The predicted octanol–water partition coefficient (Wildman–Crippen LogP) is 4.12. The van der Waals surface area contributed by atoms with E-state index in [4.69, 9.17) is 0 Å². The maximum atomic E-state index is 4.50. The number of aryl methyl sites for hydroxylation is 1. The number of nitrogens with zero attached hydrogens (tertiary/aromatic N) is 2. The van der Waals surface area contributed by atoms with Gasteiger partial charge < -0.3 is 5.32 Å². The second kappa shape index (κ2) is 6.12. The summed E-state index contributed by atoms with van der Waals surface area (Å²) in [4.78, 5) is 5.86. The molecule has 92 valence electrons. The van der Waals surface area contributed by atoms with Crippen LogP contribution < -0.4 is 5.32 Å². The quantitative estimate of drug-likeness (QED) is 0.855. The van der Waals surface area contributed by atoms with E-state index in [1.54, 1.807) is 11.3 Å². The minimum atomic E-state index is 0.359. The van der Waals surface area contributed by atoms with Crippen molar-refractivity contribution in [3.05, 3.63) is 28.2 Å². The Morgan fingerprint density at radius 2 is 2.29 bits per heavy atom. The first-order valence-corrected chi connectivity index (χ1v) is 7.61. The van der Waals surface area contributed by atoms with Gasteiger partial charge in [0.25, 0.3) is 0 Å². The highest BCUT2D eigenvalue weighted by Crippen LogP contribution is 2.26. The van der Waals surface area contributed by atoms with Gasteiger partial charge >= 0.3 is 0 Å². The SMILES string of the molecule is CCCc1nsc(NC(CC)c2cccs2)n1. The average Bonchev–Trinajstić information content (AvgIpc) is 2.97. The molecule has 2 rings (SSSR count). The number of thiophene rings is 1. The predicted molar refractivity (Wildman–Crippen MR) is 74.9 cm³/mol. The Morgan fingerprint density at radius 3 is 2.94 bits per heavy atom. The highest BCUT2D eigenvalue weighted by Gasteiger charge is 2.12. The van der Waals surface area contributed by atoms with Gasteiger partial charge in [0.1, 0.15) is 5.82 Å². The van der Waals surface area contributed by atoms with Gasteiger partial charge in [-0.2, -0.15) is 4.37 Å². The third-order valence-corrected chi connectivity index (χ3v) is 4.20. The summed E-state index contributed by atoms with van der Waals surface area (Å²) in [5, 5.41) is 6.52. The summed E-state index contributed by atoms with van der Waals surface area (Å²) in [6.07, 6.45) is 3.12. The molecule has 2 heterocycles. The van der Waals surface area contributed by atoms with Crippen molar-refractivity contribution in [1.29, 1.82) is 0 Å². The third-order valence-electron chi connectivity index (χ3n) is 2.53. The molecule has 0 aromatic carbocycles. The molecule has 0 spiro atoms. The number of hydrogen-bond acceptors (Lipinski definition) is 5. The Kier molecular flexibility index (Phi) is 4.50. The maximum Gasteiger partial charge on any atom is 0.203 e. The van der Waals surface area contributed by atoms with Crippen LogP contribution in [0.1, 0.15) is 43.4 Å². The fraction of sp³-hybridized carbons (Fsp3) is 0.500. The fourth-order valence-corrected chi connectivity index (χ4v) is 3.18. The zero-order valence-electron chi connectivity index (χ0n) is 10.1. The standard InChI is InChI=1S/C12H17N3S2/c1-3-6-11-14-12(17-15-11)13-9(4-2)10-7-5-8-16-10/h5,7-9H,3-4,6H2,1-2H3,(H,13,14,15). The minimum Gasteiger partial charge on any atom is -0.353 e. The van der Waals surface area contributed by atoms with Crippen LogP contribution in [0.25, 0.3) is 0 Å². The first-order chi connectivity index (χ1) is 8.33. The van der Waals surface area contributed by atoms with Gasteiger partial charge in [-0.3, -0.25) is 0 Å². The van der Waals surface area contributed by atoms with Crippen LogP contribution in [0.5, 0.6) is 0 Å². The molecule has 0 aliphatic carbocycles. The third kappa shape index (κ3) is 3.26. The second-order valence-corrected chi connectivity index (χ2v) is 5.62. The van der Waals surface area contributed by atoms with Gasteiger partial charge in [0.15, 0.2) is 0 Å². The van der Waals surface area contributed by atoms with Crippen LogP contribution in [0.15, 0.2) is 17.5 Å². The summed E-state index contributed by atoms with van der Waals surface area (Å²) in [5.74, 6) is 0.959. The Labute approximate surface area is 110 Å². The molecule has 0 bridgehead atoms. The Bertz CT molecular complexity index is 436. The van der Waals surface area contributed by atoms with E-state index in [1.807, 2.05) is 0 Å². The monoisotopic (exact) mass is 267 g/mol. The van der Waals surface area contributed by atoms with Crippen LogP contribution in [-0.4, -0.2) is 9.36 Å². The van der Waals surface area contributed by atoms with Gasteiger partial charge in [-0.15, -0.1) is 11.3 Å². The lowest BCUT2D eigenvalue weighted by Crippen LogP contribution is -2.07. The summed E-state index contributed by atoms with van der Waals surface area (Å²) in [6, 6.07) is 4.62. The lowest BCUT2D eigenvalue weighted by Gasteiger charge is -2.13. The van der Waals surface area contributed by atoms with Gasteiger partial charge in [-0.05, 0) is 24.3 Å². The first kappa shape index (κ1) is 12.5. The molecule has 2 aromatic heterocycles. The molecular weight excluding hydrogens is 250 g/mol. The topological polar surface area (TPSA) is 37.8 Å². The first-order valence-electron chi connectivity index (χ1n) is 5.96. The molecule has 1 atom stereocenters. The van der Waals surface area contributed by atoms with E-state index in [1.165, 1.54) is 16.4 Å². The molecule has 1 unspecified atom stereocenters. The van der Waals surface area contributed by atoms with E-state index in [2.05, 4.69) is 46.0 Å². The van der Waals surface area contributed by atoms with Crippen molar-refractivity contribution >= 4 is 28.0 Å². The van der Waals surface area contributed by atoms with E-state index in [-0.39, 0.29) is 0 Å². The van der Waals surface area contributed by atoms with E-state index in [0.29, 0.717) is 6.04 Å². The van der Waals surface area contributed by atoms with Crippen molar-refractivity contribution in [3.8, 4) is 0 Å². The normalized spacial score (nSPS) is 12.6. The van der Waals surface area contributed by atoms with Crippen LogP contribution in [0.2, 0.25) is 0 Å². The molecule has 0 fully saturated rings. The van der Waals surface area contributed by atoms with Crippen molar-refractivity contribution in [3.63, 3.8) is 0 Å². The molecule has 0 saturated carbocycles. The van der Waals surface area contributed by atoms with Gasteiger partial charge in [0, 0.05) is 22.8 Å². The molecule has 0 aliphatic rings. The lowest BCUT2D eigenvalue weighted by atomic mass is 10.2. The smallest absolute Gasteiger partial charge is 0.203 e.